The summed E-state index contributed by atoms with van der Waals surface area (Å²) in [6.45, 7) is 1.94. The second kappa shape index (κ2) is 7.34. The summed E-state index contributed by atoms with van der Waals surface area (Å²) in [6.07, 6.45) is 1.58. The van der Waals surface area contributed by atoms with Crippen LogP contribution in [-0.2, 0) is 0 Å². The van der Waals surface area contributed by atoms with Gasteiger partial charge in [0.15, 0.2) is 0 Å². The molecular weight excluding hydrogens is 380 g/mol. The molecule has 4 aromatic rings. The summed E-state index contributed by atoms with van der Waals surface area (Å²) in [5, 5.41) is 10.2. The molecule has 0 atom stereocenters. The molecule has 2 heterocycles. The molecule has 134 valence electrons. The van der Waals surface area contributed by atoms with Crippen LogP contribution in [0.25, 0.3) is 15.9 Å². The number of hydrogen-bond acceptors (Lipinski definition) is 4. The summed E-state index contributed by atoms with van der Waals surface area (Å²) in [7, 11) is 0. The summed E-state index contributed by atoms with van der Waals surface area (Å²) < 4.78 is 1.86. The van der Waals surface area contributed by atoms with Crippen LogP contribution in [0.3, 0.4) is 0 Å². The fraction of sp³-hybridized carbons (Fsp3) is 0.0500. The largest absolute Gasteiger partial charge is 0.281 e. The van der Waals surface area contributed by atoms with Gasteiger partial charge in [-0.3, -0.25) is 4.79 Å². The normalized spacial score (nSPS) is 11.3. The van der Waals surface area contributed by atoms with Gasteiger partial charge in [-0.05, 0) is 42.8 Å². The second-order valence-corrected chi connectivity index (χ2v) is 7.38. The topological polar surface area (TPSA) is 59.3 Å². The van der Waals surface area contributed by atoms with E-state index in [1.165, 1.54) is 11.3 Å². The van der Waals surface area contributed by atoms with E-state index in [-0.39, 0.29) is 5.91 Å². The van der Waals surface area contributed by atoms with Gasteiger partial charge in [0.1, 0.15) is 4.83 Å². The third-order valence-electron chi connectivity index (χ3n) is 4.02. The van der Waals surface area contributed by atoms with Crippen molar-refractivity contribution in [3.05, 3.63) is 81.8 Å². The molecule has 0 unspecified atom stereocenters. The van der Waals surface area contributed by atoms with Crippen LogP contribution >= 0.6 is 22.9 Å². The maximum atomic E-state index is 12.5. The number of para-hydroxylation sites is 1. The minimum Gasteiger partial charge on any atom is -0.266 e. The molecule has 0 saturated heterocycles. The number of hydrogen-bond donors (Lipinski definition) is 1. The number of benzene rings is 2. The number of carbonyl (C=O) groups is 1. The molecule has 0 aliphatic carbocycles. The highest BCUT2D eigenvalue weighted by molar-refractivity contribution is 7.20. The zero-order valence-electron chi connectivity index (χ0n) is 14.4. The average molecular weight is 395 g/mol. The maximum Gasteiger partial charge on any atom is 0.281 e. The van der Waals surface area contributed by atoms with E-state index in [2.05, 4.69) is 15.6 Å². The van der Waals surface area contributed by atoms with Crippen LogP contribution < -0.4 is 5.43 Å². The highest BCUT2D eigenvalue weighted by Crippen LogP contribution is 2.30. The summed E-state index contributed by atoms with van der Waals surface area (Å²) >= 11 is 7.25. The van der Waals surface area contributed by atoms with E-state index in [1.807, 2.05) is 60.1 Å². The van der Waals surface area contributed by atoms with E-state index >= 15 is 0 Å². The van der Waals surface area contributed by atoms with Crippen LogP contribution in [0, 0.1) is 6.92 Å². The number of hydrazone groups is 1. The SMILES string of the molecule is Cc1nn(-c2ccccc2)c2sc(C(=O)N/N=C/c3ccc(Cl)cc3)cc12. The first-order valence-electron chi connectivity index (χ1n) is 8.25. The summed E-state index contributed by atoms with van der Waals surface area (Å²) in [4.78, 5) is 14.0. The first kappa shape index (κ1) is 17.5. The Hall–Kier alpha value is -2.96. The monoisotopic (exact) mass is 394 g/mol. The van der Waals surface area contributed by atoms with Crippen LogP contribution in [-0.4, -0.2) is 21.9 Å². The van der Waals surface area contributed by atoms with Crippen molar-refractivity contribution in [2.45, 2.75) is 6.92 Å². The number of rotatable bonds is 4. The molecule has 2 aromatic heterocycles. The van der Waals surface area contributed by atoms with Crippen LogP contribution in [0.1, 0.15) is 20.9 Å². The molecule has 0 aliphatic heterocycles. The Labute approximate surface area is 164 Å². The van der Waals surface area contributed by atoms with Crippen molar-refractivity contribution >= 4 is 45.3 Å². The number of carbonyl (C=O) groups excluding carboxylic acids is 1. The zero-order chi connectivity index (χ0) is 18.8. The Morgan fingerprint density at radius 3 is 2.67 bits per heavy atom. The Balaban J connectivity index is 1.57. The van der Waals surface area contributed by atoms with Gasteiger partial charge in [-0.1, -0.05) is 41.9 Å². The van der Waals surface area contributed by atoms with E-state index < -0.39 is 0 Å². The summed E-state index contributed by atoms with van der Waals surface area (Å²) in [6, 6.07) is 18.9. The van der Waals surface area contributed by atoms with Crippen molar-refractivity contribution < 1.29 is 4.79 Å². The minimum absolute atomic E-state index is 0.250. The first-order valence-corrected chi connectivity index (χ1v) is 9.45. The molecule has 7 heteroatoms. The molecule has 1 N–H and O–H groups in total. The van der Waals surface area contributed by atoms with E-state index in [1.54, 1.807) is 18.3 Å². The number of aryl methyl sites for hydroxylation is 1. The van der Waals surface area contributed by atoms with Gasteiger partial charge in [0.2, 0.25) is 0 Å². The summed E-state index contributed by atoms with van der Waals surface area (Å²) in [5.41, 5.74) is 5.27. The standard InChI is InChI=1S/C20H15ClN4OS/c1-13-17-11-18(19(26)23-22-12-14-7-9-15(21)10-8-14)27-20(17)25(24-13)16-5-3-2-4-6-16/h2-12H,1H3,(H,23,26)/b22-12+. The molecule has 0 saturated carbocycles. The molecule has 0 spiro atoms. The van der Waals surface area contributed by atoms with E-state index in [0.29, 0.717) is 9.90 Å². The van der Waals surface area contributed by atoms with Crippen molar-refractivity contribution in [2.24, 2.45) is 5.10 Å². The van der Waals surface area contributed by atoms with Gasteiger partial charge in [0.25, 0.3) is 5.91 Å². The van der Waals surface area contributed by atoms with Gasteiger partial charge < -0.3 is 0 Å². The fourth-order valence-corrected chi connectivity index (χ4v) is 3.87. The molecule has 1 amide bonds. The molecule has 27 heavy (non-hydrogen) atoms. The molecule has 0 aliphatic rings. The Morgan fingerprint density at radius 2 is 1.93 bits per heavy atom. The van der Waals surface area contributed by atoms with Crippen LogP contribution in [0.2, 0.25) is 5.02 Å². The Bertz CT molecular complexity index is 1130. The lowest BCUT2D eigenvalue weighted by Gasteiger charge is -2.01. The number of halogens is 1. The lowest BCUT2D eigenvalue weighted by molar-refractivity contribution is 0.0959. The first-order chi connectivity index (χ1) is 13.1. The maximum absolute atomic E-state index is 12.5. The van der Waals surface area contributed by atoms with Gasteiger partial charge in [0.05, 0.1) is 22.5 Å². The smallest absolute Gasteiger partial charge is 0.266 e. The lowest BCUT2D eigenvalue weighted by atomic mass is 10.2. The predicted molar refractivity (Wildman–Crippen MR) is 110 cm³/mol. The van der Waals surface area contributed by atoms with Crippen molar-refractivity contribution in [1.29, 1.82) is 0 Å². The molecule has 4 rings (SSSR count). The number of aromatic nitrogens is 2. The molecule has 0 radical (unpaired) electrons. The van der Waals surface area contributed by atoms with Crippen LogP contribution in [0.15, 0.2) is 65.8 Å². The summed E-state index contributed by atoms with van der Waals surface area (Å²) in [5.74, 6) is -0.250. The van der Waals surface area contributed by atoms with Crippen molar-refractivity contribution in [2.75, 3.05) is 0 Å². The van der Waals surface area contributed by atoms with Gasteiger partial charge in [-0.2, -0.15) is 10.2 Å². The van der Waals surface area contributed by atoms with E-state index in [9.17, 15) is 4.79 Å². The second-order valence-electron chi connectivity index (χ2n) is 5.91. The third kappa shape index (κ3) is 3.63. The number of nitrogens with zero attached hydrogens (tertiary/aromatic N) is 3. The van der Waals surface area contributed by atoms with Gasteiger partial charge in [0, 0.05) is 10.4 Å². The zero-order valence-corrected chi connectivity index (χ0v) is 16.0. The quantitative estimate of drug-likeness (QED) is 0.398. The van der Waals surface area contributed by atoms with Crippen molar-refractivity contribution in [3.8, 4) is 5.69 Å². The number of nitrogens with one attached hydrogen (secondary N) is 1. The molecular formula is C20H15ClN4OS. The van der Waals surface area contributed by atoms with Crippen LogP contribution in [0.5, 0.6) is 0 Å². The number of fused-ring (bicyclic) bond motifs is 1. The molecule has 5 nitrogen and oxygen atoms in total. The van der Waals surface area contributed by atoms with Crippen LogP contribution in [0.4, 0.5) is 0 Å². The highest BCUT2D eigenvalue weighted by Gasteiger charge is 2.16. The third-order valence-corrected chi connectivity index (χ3v) is 5.38. The minimum atomic E-state index is -0.250. The lowest BCUT2D eigenvalue weighted by Crippen LogP contribution is -2.16. The number of thiophene rings is 1. The number of amides is 1. The van der Waals surface area contributed by atoms with Crippen molar-refractivity contribution in [1.82, 2.24) is 15.2 Å². The molecule has 0 fully saturated rings. The predicted octanol–water partition coefficient (Wildman–Crippen LogP) is 4.81. The molecule has 2 aromatic carbocycles. The average Bonchev–Trinajstić information content (AvgIpc) is 3.25. The molecule has 0 bridgehead atoms. The van der Waals surface area contributed by atoms with E-state index in [0.717, 1.165) is 27.2 Å². The van der Waals surface area contributed by atoms with Gasteiger partial charge in [-0.25, -0.2) is 10.1 Å². The van der Waals surface area contributed by atoms with Crippen molar-refractivity contribution in [3.63, 3.8) is 0 Å². The Kier molecular flexibility index (Phi) is 4.75. The highest BCUT2D eigenvalue weighted by atomic mass is 35.5. The fourth-order valence-electron chi connectivity index (χ4n) is 2.67. The van der Waals surface area contributed by atoms with Gasteiger partial charge in [-0.15, -0.1) is 11.3 Å². The van der Waals surface area contributed by atoms with Gasteiger partial charge >= 0.3 is 0 Å². The Morgan fingerprint density at radius 1 is 1.19 bits per heavy atom. The van der Waals surface area contributed by atoms with E-state index in [4.69, 9.17) is 11.6 Å².